The van der Waals surface area contributed by atoms with Crippen molar-refractivity contribution in [2.75, 3.05) is 13.7 Å². The number of nitrogens with zero attached hydrogens (tertiary/aromatic N) is 3. The van der Waals surface area contributed by atoms with E-state index in [1.807, 2.05) is 30.3 Å². The fourth-order valence-electron chi connectivity index (χ4n) is 3.38. The Kier molecular flexibility index (Phi) is 6.99. The Balaban J connectivity index is 2.17. The molecular weight excluding hydrogens is 402 g/mol. The SMILES string of the molecule is CCOC(=O)c1sc2c(c1C)c(=O)n(CCC=NC)c(=O)n2CCc1ccccc1. The lowest BCUT2D eigenvalue weighted by atomic mass is 10.1. The monoisotopic (exact) mass is 427 g/mol. The maximum atomic E-state index is 13.2. The molecule has 0 aliphatic heterocycles. The Hall–Kier alpha value is -3.00. The van der Waals surface area contributed by atoms with Crippen LogP contribution in [-0.2, 0) is 24.2 Å². The van der Waals surface area contributed by atoms with Crippen LogP contribution in [0.15, 0.2) is 44.9 Å². The van der Waals surface area contributed by atoms with Crippen molar-refractivity contribution in [1.82, 2.24) is 9.13 Å². The minimum absolute atomic E-state index is 0.236. The summed E-state index contributed by atoms with van der Waals surface area (Å²) in [4.78, 5) is 43.6. The number of aliphatic imine (C=N–C) groups is 1. The Labute approximate surface area is 178 Å². The van der Waals surface area contributed by atoms with E-state index < -0.39 is 5.97 Å². The van der Waals surface area contributed by atoms with Gasteiger partial charge in [-0.1, -0.05) is 30.3 Å². The zero-order chi connectivity index (χ0) is 21.7. The lowest BCUT2D eigenvalue weighted by molar-refractivity contribution is 0.0531. The van der Waals surface area contributed by atoms with Crippen molar-refractivity contribution >= 4 is 33.7 Å². The third-order valence-corrected chi connectivity index (χ3v) is 6.18. The average molecular weight is 428 g/mol. The van der Waals surface area contributed by atoms with Gasteiger partial charge in [0.25, 0.3) is 5.56 Å². The van der Waals surface area contributed by atoms with E-state index >= 15 is 0 Å². The quantitative estimate of drug-likeness (QED) is 0.409. The Bertz CT molecular complexity index is 1190. The molecule has 2 aromatic heterocycles. The van der Waals surface area contributed by atoms with Crippen LogP contribution >= 0.6 is 11.3 Å². The number of carbonyl (C=O) groups is 1. The molecule has 158 valence electrons. The van der Waals surface area contributed by atoms with Gasteiger partial charge >= 0.3 is 11.7 Å². The molecule has 0 aliphatic rings. The molecule has 0 radical (unpaired) electrons. The zero-order valence-electron chi connectivity index (χ0n) is 17.4. The number of carbonyl (C=O) groups excluding carboxylic acids is 1. The van der Waals surface area contributed by atoms with E-state index in [0.29, 0.717) is 40.0 Å². The van der Waals surface area contributed by atoms with Gasteiger partial charge in [-0.2, -0.15) is 0 Å². The van der Waals surface area contributed by atoms with Gasteiger partial charge in [0.2, 0.25) is 0 Å². The number of hydrogen-bond acceptors (Lipinski definition) is 6. The van der Waals surface area contributed by atoms with Gasteiger partial charge in [0, 0.05) is 32.8 Å². The third-order valence-electron chi connectivity index (χ3n) is 4.89. The number of ether oxygens (including phenoxy) is 1. The Morgan fingerprint density at radius 1 is 1.17 bits per heavy atom. The number of esters is 1. The fraction of sp³-hybridized carbons (Fsp3) is 0.364. The van der Waals surface area contributed by atoms with Crippen LogP contribution in [-0.4, -0.2) is 35.0 Å². The molecule has 1 aromatic carbocycles. The zero-order valence-corrected chi connectivity index (χ0v) is 18.2. The average Bonchev–Trinajstić information content (AvgIpc) is 3.08. The van der Waals surface area contributed by atoms with Crippen LogP contribution in [0.1, 0.15) is 34.1 Å². The lowest BCUT2D eigenvalue weighted by Gasteiger charge is -2.12. The van der Waals surface area contributed by atoms with E-state index in [9.17, 15) is 14.4 Å². The van der Waals surface area contributed by atoms with Gasteiger partial charge in [0.15, 0.2) is 0 Å². The Morgan fingerprint density at radius 2 is 1.90 bits per heavy atom. The highest BCUT2D eigenvalue weighted by molar-refractivity contribution is 7.20. The van der Waals surface area contributed by atoms with Crippen molar-refractivity contribution in [2.45, 2.75) is 39.8 Å². The largest absolute Gasteiger partial charge is 0.462 e. The maximum absolute atomic E-state index is 13.2. The van der Waals surface area contributed by atoms with E-state index in [2.05, 4.69) is 4.99 Å². The molecular formula is C22H25N3O4S. The standard InChI is InChI=1S/C22H25N3O4S/c1-4-29-21(27)18-15(2)17-19(26)24(13-8-12-23-3)22(28)25(20(17)30-18)14-11-16-9-6-5-7-10-16/h5-7,9-10,12H,4,8,11,13-14H2,1-3H3. The van der Waals surface area contributed by atoms with E-state index in [1.165, 1.54) is 4.57 Å². The number of aryl methyl sites for hydroxylation is 3. The van der Waals surface area contributed by atoms with Crippen LogP contribution in [0.4, 0.5) is 0 Å². The summed E-state index contributed by atoms with van der Waals surface area (Å²) in [5, 5.41) is 0.407. The third kappa shape index (κ3) is 4.28. The van der Waals surface area contributed by atoms with Crippen molar-refractivity contribution in [3.05, 3.63) is 67.2 Å². The predicted octanol–water partition coefficient (Wildman–Crippen LogP) is 3.04. The summed E-state index contributed by atoms with van der Waals surface area (Å²) in [5.41, 5.74) is 0.904. The minimum atomic E-state index is -0.470. The van der Waals surface area contributed by atoms with Crippen LogP contribution in [0.5, 0.6) is 0 Å². The van der Waals surface area contributed by atoms with Gasteiger partial charge in [0.1, 0.15) is 9.71 Å². The first-order chi connectivity index (χ1) is 14.5. The smallest absolute Gasteiger partial charge is 0.348 e. The first-order valence-corrected chi connectivity index (χ1v) is 10.7. The number of rotatable bonds is 8. The van der Waals surface area contributed by atoms with Gasteiger partial charge < -0.3 is 9.73 Å². The van der Waals surface area contributed by atoms with Crippen molar-refractivity contribution in [3.63, 3.8) is 0 Å². The molecule has 0 spiro atoms. The molecule has 30 heavy (non-hydrogen) atoms. The topological polar surface area (TPSA) is 82.7 Å². The molecule has 3 aromatic rings. The molecule has 0 N–H and O–H groups in total. The van der Waals surface area contributed by atoms with E-state index in [4.69, 9.17) is 4.74 Å². The number of aromatic nitrogens is 2. The molecule has 0 atom stereocenters. The minimum Gasteiger partial charge on any atom is -0.462 e. The first kappa shape index (κ1) is 21.7. The van der Waals surface area contributed by atoms with E-state index in [-0.39, 0.29) is 24.4 Å². The van der Waals surface area contributed by atoms with Gasteiger partial charge in [-0.25, -0.2) is 9.59 Å². The first-order valence-electron chi connectivity index (χ1n) is 9.88. The molecule has 0 saturated heterocycles. The van der Waals surface area contributed by atoms with Crippen LogP contribution in [0.25, 0.3) is 10.2 Å². The highest BCUT2D eigenvalue weighted by Crippen LogP contribution is 2.28. The molecule has 0 saturated carbocycles. The lowest BCUT2D eigenvalue weighted by Crippen LogP contribution is -2.40. The highest BCUT2D eigenvalue weighted by atomic mass is 32.1. The second-order valence-corrected chi connectivity index (χ2v) is 7.81. The van der Waals surface area contributed by atoms with Crippen LogP contribution in [0.3, 0.4) is 0 Å². The van der Waals surface area contributed by atoms with Crippen molar-refractivity contribution in [2.24, 2.45) is 4.99 Å². The molecule has 0 unspecified atom stereocenters. The summed E-state index contributed by atoms with van der Waals surface area (Å²) in [5.74, 6) is -0.470. The van der Waals surface area contributed by atoms with Crippen molar-refractivity contribution < 1.29 is 9.53 Å². The number of thiophene rings is 1. The summed E-state index contributed by atoms with van der Waals surface area (Å²) in [7, 11) is 1.65. The molecule has 0 aliphatic carbocycles. The number of fused-ring (bicyclic) bond motifs is 1. The van der Waals surface area contributed by atoms with Crippen LogP contribution in [0, 0.1) is 6.92 Å². The fourth-order valence-corrected chi connectivity index (χ4v) is 4.59. The van der Waals surface area contributed by atoms with Gasteiger partial charge in [-0.15, -0.1) is 11.3 Å². The van der Waals surface area contributed by atoms with Crippen LogP contribution in [0.2, 0.25) is 0 Å². The summed E-state index contributed by atoms with van der Waals surface area (Å²) in [6.45, 7) is 4.35. The van der Waals surface area contributed by atoms with E-state index in [1.54, 1.807) is 31.7 Å². The van der Waals surface area contributed by atoms with Gasteiger partial charge in [-0.05, 0) is 31.4 Å². The maximum Gasteiger partial charge on any atom is 0.348 e. The van der Waals surface area contributed by atoms with Crippen molar-refractivity contribution in [1.29, 1.82) is 0 Å². The summed E-state index contributed by atoms with van der Waals surface area (Å²) >= 11 is 1.15. The van der Waals surface area contributed by atoms with Crippen LogP contribution < -0.4 is 11.2 Å². The van der Waals surface area contributed by atoms with Gasteiger partial charge in [0.05, 0.1) is 12.0 Å². The second-order valence-electron chi connectivity index (χ2n) is 6.81. The van der Waals surface area contributed by atoms with Gasteiger partial charge in [-0.3, -0.25) is 13.9 Å². The molecule has 0 bridgehead atoms. The second kappa shape index (κ2) is 9.67. The number of benzene rings is 1. The normalized spacial score (nSPS) is 11.4. The summed E-state index contributed by atoms with van der Waals surface area (Å²) < 4.78 is 7.99. The Morgan fingerprint density at radius 3 is 2.57 bits per heavy atom. The predicted molar refractivity (Wildman–Crippen MR) is 120 cm³/mol. The van der Waals surface area contributed by atoms with E-state index in [0.717, 1.165) is 16.9 Å². The molecule has 7 nitrogen and oxygen atoms in total. The number of hydrogen-bond donors (Lipinski definition) is 0. The molecule has 0 fully saturated rings. The molecule has 2 heterocycles. The molecule has 8 heteroatoms. The molecule has 0 amide bonds. The molecule has 3 rings (SSSR count). The van der Waals surface area contributed by atoms with Crippen molar-refractivity contribution in [3.8, 4) is 0 Å². The summed E-state index contributed by atoms with van der Waals surface area (Å²) in [6.07, 6.45) is 2.79. The summed E-state index contributed by atoms with van der Waals surface area (Å²) in [6, 6.07) is 9.84. The highest BCUT2D eigenvalue weighted by Gasteiger charge is 2.23.